The fourth-order valence-electron chi connectivity index (χ4n) is 5.81. The summed E-state index contributed by atoms with van der Waals surface area (Å²) in [6.07, 6.45) is 8.39. The van der Waals surface area contributed by atoms with Crippen molar-refractivity contribution in [2.24, 2.45) is 0 Å². The first-order valence-corrected chi connectivity index (χ1v) is 14.4. The van der Waals surface area contributed by atoms with Crippen LogP contribution in [0.2, 0.25) is 0 Å². The van der Waals surface area contributed by atoms with E-state index in [2.05, 4.69) is 70.3 Å². The zero-order valence-corrected chi connectivity index (χ0v) is 23.9. The summed E-state index contributed by atoms with van der Waals surface area (Å²) < 4.78 is 6.07. The van der Waals surface area contributed by atoms with E-state index in [1.54, 1.807) is 12.3 Å². The Hall–Kier alpha value is -3.29. The van der Waals surface area contributed by atoms with Crippen molar-refractivity contribution >= 4 is 11.6 Å². The number of hydrogen-bond acceptors (Lipinski definition) is 6. The van der Waals surface area contributed by atoms with Gasteiger partial charge in [0, 0.05) is 62.1 Å². The van der Waals surface area contributed by atoms with E-state index in [9.17, 15) is 5.11 Å². The SMILES string of the molecule is CN1CC(c2cccnc2)c2ccccc2C1OCCCCl.CN1Cc2cc(O)ccc2C(c2cccnc2)C1. The molecule has 2 aromatic carbocycles. The van der Waals surface area contributed by atoms with Crippen LogP contribution in [-0.2, 0) is 11.3 Å². The highest BCUT2D eigenvalue weighted by atomic mass is 35.5. The normalized spacial score (nSPS) is 20.6. The number of fused-ring (bicyclic) bond motifs is 2. The Balaban J connectivity index is 0.000000164. The van der Waals surface area contributed by atoms with Crippen LogP contribution in [0.15, 0.2) is 91.5 Å². The Bertz CT molecular complexity index is 1370. The standard InChI is InChI=1S/C18H21ClN2O.C15H16N2O/c1-21-13-17(14-6-4-10-20-12-14)15-7-2-3-8-16(15)18(21)22-11-5-9-19;1-17-9-12-7-13(18)4-5-14(12)15(10-17)11-3-2-6-16-8-11/h2-4,6-8,10,12,17-18H,5,9,11,13H2,1H3;2-8,15,18H,9-10H2,1H3. The number of pyridine rings is 2. The van der Waals surface area contributed by atoms with E-state index in [4.69, 9.17) is 16.3 Å². The summed E-state index contributed by atoms with van der Waals surface area (Å²) in [5, 5.41) is 9.60. The largest absolute Gasteiger partial charge is 0.508 e. The second-order valence-electron chi connectivity index (χ2n) is 10.6. The minimum Gasteiger partial charge on any atom is -0.508 e. The van der Waals surface area contributed by atoms with Crippen LogP contribution in [0.5, 0.6) is 5.75 Å². The second-order valence-corrected chi connectivity index (χ2v) is 11.0. The molecule has 0 saturated carbocycles. The first-order chi connectivity index (χ1) is 19.5. The molecule has 6 nitrogen and oxygen atoms in total. The number of phenols is 1. The van der Waals surface area contributed by atoms with Gasteiger partial charge in [0.1, 0.15) is 12.0 Å². The third-order valence-electron chi connectivity index (χ3n) is 7.67. The lowest BCUT2D eigenvalue weighted by molar-refractivity contribution is -0.0581. The maximum absolute atomic E-state index is 9.60. The lowest BCUT2D eigenvalue weighted by Crippen LogP contribution is -2.37. The van der Waals surface area contributed by atoms with Gasteiger partial charge in [-0.25, -0.2) is 0 Å². The van der Waals surface area contributed by atoms with Crippen molar-refractivity contribution in [2.45, 2.75) is 31.0 Å². The van der Waals surface area contributed by atoms with E-state index >= 15 is 0 Å². The van der Waals surface area contributed by atoms with Crippen molar-refractivity contribution < 1.29 is 9.84 Å². The van der Waals surface area contributed by atoms with Crippen molar-refractivity contribution in [3.63, 3.8) is 0 Å². The van der Waals surface area contributed by atoms with Gasteiger partial charge in [-0.1, -0.05) is 42.5 Å². The molecule has 0 spiro atoms. The summed E-state index contributed by atoms with van der Waals surface area (Å²) in [5.41, 5.74) is 7.58. The number of likely N-dealkylation sites (N-methyl/N-ethyl adjacent to an activating group) is 2. The molecule has 0 aliphatic carbocycles. The maximum Gasteiger partial charge on any atom is 0.136 e. The molecule has 0 bridgehead atoms. The van der Waals surface area contributed by atoms with Gasteiger partial charge >= 0.3 is 0 Å². The molecular weight excluding hydrogens is 520 g/mol. The lowest BCUT2D eigenvalue weighted by Gasteiger charge is -2.39. The molecule has 4 heterocycles. The fourth-order valence-corrected chi connectivity index (χ4v) is 5.92. The quantitative estimate of drug-likeness (QED) is 0.226. The Morgan fingerprint density at radius 2 is 1.52 bits per heavy atom. The molecule has 0 fully saturated rings. The number of aromatic nitrogens is 2. The summed E-state index contributed by atoms with van der Waals surface area (Å²) in [7, 11) is 4.22. The van der Waals surface area contributed by atoms with Crippen molar-refractivity contribution in [1.29, 1.82) is 0 Å². The zero-order valence-electron chi connectivity index (χ0n) is 23.2. The smallest absolute Gasteiger partial charge is 0.136 e. The third-order valence-corrected chi connectivity index (χ3v) is 7.94. The van der Waals surface area contributed by atoms with E-state index in [1.807, 2.05) is 42.9 Å². The van der Waals surface area contributed by atoms with Gasteiger partial charge in [-0.15, -0.1) is 11.6 Å². The molecule has 40 heavy (non-hydrogen) atoms. The summed E-state index contributed by atoms with van der Waals surface area (Å²) in [4.78, 5) is 13.0. The molecule has 2 aromatic heterocycles. The number of rotatable bonds is 6. The number of halogens is 1. The lowest BCUT2D eigenvalue weighted by atomic mass is 9.85. The summed E-state index contributed by atoms with van der Waals surface area (Å²) in [6, 6.07) is 22.5. The number of ether oxygens (including phenoxy) is 1. The average molecular weight is 557 g/mol. The zero-order chi connectivity index (χ0) is 27.9. The van der Waals surface area contributed by atoms with Gasteiger partial charge < -0.3 is 14.7 Å². The predicted octanol–water partition coefficient (Wildman–Crippen LogP) is 6.17. The molecule has 2 aliphatic heterocycles. The molecule has 0 saturated heterocycles. The molecule has 6 rings (SSSR count). The number of nitrogens with zero attached hydrogens (tertiary/aromatic N) is 4. The minimum absolute atomic E-state index is 0.00679. The van der Waals surface area contributed by atoms with E-state index in [0.29, 0.717) is 30.1 Å². The predicted molar refractivity (Wildman–Crippen MR) is 160 cm³/mol. The Kier molecular flexibility index (Phi) is 9.45. The van der Waals surface area contributed by atoms with Crippen LogP contribution in [0.1, 0.15) is 57.9 Å². The molecule has 7 heteroatoms. The van der Waals surface area contributed by atoms with Crippen molar-refractivity contribution in [3.8, 4) is 5.75 Å². The van der Waals surface area contributed by atoms with Crippen molar-refractivity contribution in [1.82, 2.24) is 19.8 Å². The fraction of sp³-hybridized carbons (Fsp3) is 0.333. The van der Waals surface area contributed by atoms with Crippen LogP contribution in [-0.4, -0.2) is 64.5 Å². The van der Waals surface area contributed by atoms with Gasteiger partial charge in [-0.3, -0.25) is 14.9 Å². The minimum atomic E-state index is 0.00679. The highest BCUT2D eigenvalue weighted by Gasteiger charge is 2.32. The highest BCUT2D eigenvalue weighted by Crippen LogP contribution is 2.39. The third kappa shape index (κ3) is 6.53. The van der Waals surface area contributed by atoms with E-state index < -0.39 is 0 Å². The topological polar surface area (TPSA) is 61.7 Å². The summed E-state index contributed by atoms with van der Waals surface area (Å²) in [5.74, 6) is 1.65. The molecule has 0 radical (unpaired) electrons. The van der Waals surface area contributed by atoms with Gasteiger partial charge in [-0.05, 0) is 78.2 Å². The van der Waals surface area contributed by atoms with Gasteiger partial charge in [0.25, 0.3) is 0 Å². The molecule has 1 N–H and O–H groups in total. The van der Waals surface area contributed by atoms with Crippen LogP contribution in [0.25, 0.3) is 0 Å². The summed E-state index contributed by atoms with van der Waals surface area (Å²) >= 11 is 5.76. The van der Waals surface area contributed by atoms with Gasteiger partial charge in [0.05, 0.1) is 6.61 Å². The van der Waals surface area contributed by atoms with E-state index in [1.165, 1.54) is 33.4 Å². The van der Waals surface area contributed by atoms with E-state index in [-0.39, 0.29) is 6.23 Å². The Labute approximate surface area is 242 Å². The Morgan fingerprint density at radius 3 is 2.17 bits per heavy atom. The number of aromatic hydroxyl groups is 1. The number of phenolic OH excluding ortho intramolecular Hbond substituents is 1. The first kappa shape index (κ1) is 28.2. The van der Waals surface area contributed by atoms with Crippen molar-refractivity contribution in [2.75, 3.05) is 39.7 Å². The molecule has 208 valence electrons. The maximum atomic E-state index is 9.60. The van der Waals surface area contributed by atoms with Crippen LogP contribution in [0.4, 0.5) is 0 Å². The molecule has 3 atom stereocenters. The average Bonchev–Trinajstić information content (AvgIpc) is 2.98. The molecule has 4 aromatic rings. The van der Waals surface area contributed by atoms with Crippen LogP contribution >= 0.6 is 11.6 Å². The molecular formula is C33H37ClN4O2. The van der Waals surface area contributed by atoms with Gasteiger partial charge in [0.2, 0.25) is 0 Å². The van der Waals surface area contributed by atoms with E-state index in [0.717, 1.165) is 26.1 Å². The summed E-state index contributed by atoms with van der Waals surface area (Å²) in [6.45, 7) is 3.49. The first-order valence-electron chi connectivity index (χ1n) is 13.8. The highest BCUT2D eigenvalue weighted by molar-refractivity contribution is 6.17. The van der Waals surface area contributed by atoms with Crippen LogP contribution in [0.3, 0.4) is 0 Å². The monoisotopic (exact) mass is 556 g/mol. The molecule has 0 amide bonds. The number of benzene rings is 2. The second kappa shape index (κ2) is 13.4. The van der Waals surface area contributed by atoms with Gasteiger partial charge in [0.15, 0.2) is 0 Å². The Morgan fingerprint density at radius 1 is 0.850 bits per heavy atom. The van der Waals surface area contributed by atoms with Crippen molar-refractivity contribution in [3.05, 3.63) is 125 Å². The molecule has 2 aliphatic rings. The van der Waals surface area contributed by atoms with Crippen LogP contribution < -0.4 is 0 Å². The number of hydrogen-bond donors (Lipinski definition) is 1. The van der Waals surface area contributed by atoms with Gasteiger partial charge in [-0.2, -0.15) is 0 Å². The van der Waals surface area contributed by atoms with Crippen LogP contribution in [0, 0.1) is 0 Å². The molecule has 3 unspecified atom stereocenters. The number of alkyl halides is 1.